The molecule has 0 heterocycles. The fraction of sp³-hybridized carbons (Fsp3) is 0.833. The highest BCUT2D eigenvalue weighted by Gasteiger charge is 2.39. The molecule has 0 aromatic rings. The Morgan fingerprint density at radius 2 is 1.82 bits per heavy atom. The van der Waals surface area contributed by atoms with Gasteiger partial charge in [-0.05, 0) is 18.8 Å². The van der Waals surface area contributed by atoms with Gasteiger partial charge in [-0.1, -0.05) is 26.7 Å². The van der Waals surface area contributed by atoms with Gasteiger partial charge >= 0.3 is 5.97 Å². The SMILES string of the molecule is COC(=O)C(NC(=O)C1(N)CCCC1)C(C)C. The van der Waals surface area contributed by atoms with Gasteiger partial charge in [-0.25, -0.2) is 4.79 Å². The first-order valence-electron chi connectivity index (χ1n) is 6.08. The third-order valence-corrected chi connectivity index (χ3v) is 3.36. The van der Waals surface area contributed by atoms with E-state index in [4.69, 9.17) is 5.73 Å². The maximum Gasteiger partial charge on any atom is 0.328 e. The standard InChI is InChI=1S/C12H22N2O3/c1-8(2)9(10(15)17-3)14-11(16)12(13)6-4-5-7-12/h8-9H,4-7,13H2,1-3H3,(H,14,16). The summed E-state index contributed by atoms with van der Waals surface area (Å²) in [6, 6.07) is -0.617. The van der Waals surface area contributed by atoms with E-state index in [1.165, 1.54) is 7.11 Å². The van der Waals surface area contributed by atoms with Crippen LogP contribution in [-0.2, 0) is 14.3 Å². The lowest BCUT2D eigenvalue weighted by atomic mass is 9.96. The van der Waals surface area contributed by atoms with E-state index in [0.717, 1.165) is 12.8 Å². The largest absolute Gasteiger partial charge is 0.467 e. The van der Waals surface area contributed by atoms with Crippen molar-refractivity contribution in [3.8, 4) is 0 Å². The number of carbonyl (C=O) groups excluding carboxylic acids is 2. The number of rotatable bonds is 4. The lowest BCUT2D eigenvalue weighted by molar-refractivity contribution is -0.147. The Morgan fingerprint density at radius 3 is 2.24 bits per heavy atom. The minimum absolute atomic E-state index is 0.0172. The van der Waals surface area contributed by atoms with Crippen LogP contribution >= 0.6 is 0 Å². The van der Waals surface area contributed by atoms with Crippen molar-refractivity contribution < 1.29 is 14.3 Å². The molecule has 0 aromatic carbocycles. The smallest absolute Gasteiger partial charge is 0.328 e. The van der Waals surface area contributed by atoms with Crippen LogP contribution in [0.25, 0.3) is 0 Å². The molecular weight excluding hydrogens is 220 g/mol. The number of methoxy groups -OCH3 is 1. The van der Waals surface area contributed by atoms with E-state index < -0.39 is 17.6 Å². The molecule has 1 aliphatic rings. The molecule has 3 N–H and O–H groups in total. The summed E-state index contributed by atoms with van der Waals surface area (Å²) in [4.78, 5) is 23.6. The van der Waals surface area contributed by atoms with E-state index in [1.807, 2.05) is 13.8 Å². The van der Waals surface area contributed by atoms with Gasteiger partial charge < -0.3 is 15.8 Å². The van der Waals surface area contributed by atoms with Gasteiger partial charge in [0, 0.05) is 0 Å². The zero-order valence-electron chi connectivity index (χ0n) is 10.8. The molecule has 17 heavy (non-hydrogen) atoms. The highest BCUT2D eigenvalue weighted by molar-refractivity contribution is 5.90. The first kappa shape index (κ1) is 14.0. The maximum atomic E-state index is 12.1. The number of amides is 1. The second-order valence-corrected chi connectivity index (χ2v) is 5.08. The fourth-order valence-electron chi connectivity index (χ4n) is 2.14. The Bertz CT molecular complexity index is 296. The number of nitrogens with two attached hydrogens (primary N) is 1. The topological polar surface area (TPSA) is 81.4 Å². The summed E-state index contributed by atoms with van der Waals surface area (Å²) in [5.74, 6) is -0.676. The average Bonchev–Trinajstić information content (AvgIpc) is 2.72. The van der Waals surface area contributed by atoms with E-state index in [0.29, 0.717) is 12.8 Å². The summed E-state index contributed by atoms with van der Waals surface area (Å²) < 4.78 is 4.68. The van der Waals surface area contributed by atoms with E-state index >= 15 is 0 Å². The highest BCUT2D eigenvalue weighted by Crippen LogP contribution is 2.27. The maximum absolute atomic E-state index is 12.1. The van der Waals surface area contributed by atoms with E-state index in [-0.39, 0.29) is 11.8 Å². The van der Waals surface area contributed by atoms with Crippen molar-refractivity contribution in [3.05, 3.63) is 0 Å². The first-order chi connectivity index (χ1) is 7.90. The number of carbonyl (C=O) groups is 2. The summed E-state index contributed by atoms with van der Waals surface area (Å²) in [6.07, 6.45) is 3.30. The molecule has 5 nitrogen and oxygen atoms in total. The van der Waals surface area contributed by atoms with Crippen molar-refractivity contribution in [2.24, 2.45) is 11.7 Å². The second kappa shape index (κ2) is 5.49. The Hall–Kier alpha value is -1.10. The Morgan fingerprint density at radius 1 is 1.29 bits per heavy atom. The van der Waals surface area contributed by atoms with Gasteiger partial charge in [0.2, 0.25) is 5.91 Å². The molecule has 1 saturated carbocycles. The monoisotopic (exact) mass is 242 g/mol. The number of nitrogens with one attached hydrogen (secondary N) is 1. The predicted octanol–water partition coefficient (Wildman–Crippen LogP) is 0.572. The molecule has 98 valence electrons. The molecule has 1 rings (SSSR count). The van der Waals surface area contributed by atoms with Gasteiger partial charge in [-0.3, -0.25) is 4.79 Å². The van der Waals surface area contributed by atoms with Crippen molar-refractivity contribution in [1.29, 1.82) is 0 Å². The molecule has 0 radical (unpaired) electrons. The molecule has 1 atom stereocenters. The van der Waals surface area contributed by atoms with Gasteiger partial charge in [0.25, 0.3) is 0 Å². The van der Waals surface area contributed by atoms with Crippen LogP contribution < -0.4 is 11.1 Å². The van der Waals surface area contributed by atoms with Gasteiger partial charge in [-0.2, -0.15) is 0 Å². The predicted molar refractivity (Wildman–Crippen MR) is 64.2 cm³/mol. The van der Waals surface area contributed by atoms with Gasteiger partial charge in [0.15, 0.2) is 0 Å². The van der Waals surface area contributed by atoms with Gasteiger partial charge in [-0.15, -0.1) is 0 Å². The lowest BCUT2D eigenvalue weighted by Crippen LogP contribution is -2.57. The van der Waals surface area contributed by atoms with Crippen LogP contribution in [0.5, 0.6) is 0 Å². The fourth-order valence-corrected chi connectivity index (χ4v) is 2.14. The van der Waals surface area contributed by atoms with Crippen molar-refractivity contribution >= 4 is 11.9 Å². The number of ether oxygens (including phenoxy) is 1. The molecule has 1 amide bonds. The van der Waals surface area contributed by atoms with Crippen LogP contribution in [0.4, 0.5) is 0 Å². The minimum atomic E-state index is -0.804. The third-order valence-electron chi connectivity index (χ3n) is 3.36. The first-order valence-corrected chi connectivity index (χ1v) is 6.08. The molecule has 5 heteroatoms. The zero-order chi connectivity index (χ0) is 13.1. The molecule has 0 spiro atoms. The minimum Gasteiger partial charge on any atom is -0.467 e. The molecule has 0 saturated heterocycles. The summed E-state index contributed by atoms with van der Waals surface area (Å²) >= 11 is 0. The molecule has 0 aliphatic heterocycles. The molecule has 1 unspecified atom stereocenters. The third kappa shape index (κ3) is 3.19. The quantitative estimate of drug-likeness (QED) is 0.706. The van der Waals surface area contributed by atoms with Crippen LogP contribution in [0, 0.1) is 5.92 Å². The van der Waals surface area contributed by atoms with Crippen molar-refractivity contribution in [2.45, 2.75) is 51.1 Å². The van der Waals surface area contributed by atoms with Crippen molar-refractivity contribution in [1.82, 2.24) is 5.32 Å². The highest BCUT2D eigenvalue weighted by atomic mass is 16.5. The van der Waals surface area contributed by atoms with Gasteiger partial charge in [0.05, 0.1) is 12.6 Å². The summed E-state index contributed by atoms with van der Waals surface area (Å²) in [5.41, 5.74) is 5.22. The zero-order valence-corrected chi connectivity index (χ0v) is 10.8. The van der Waals surface area contributed by atoms with E-state index in [1.54, 1.807) is 0 Å². The summed E-state index contributed by atoms with van der Waals surface area (Å²) in [7, 11) is 1.32. The van der Waals surface area contributed by atoms with E-state index in [2.05, 4.69) is 10.1 Å². The van der Waals surface area contributed by atoms with Gasteiger partial charge in [0.1, 0.15) is 6.04 Å². The average molecular weight is 242 g/mol. The van der Waals surface area contributed by atoms with Crippen LogP contribution in [0.15, 0.2) is 0 Å². The lowest BCUT2D eigenvalue weighted by Gasteiger charge is -2.27. The second-order valence-electron chi connectivity index (χ2n) is 5.08. The van der Waals surface area contributed by atoms with Crippen molar-refractivity contribution in [3.63, 3.8) is 0 Å². The number of hydrogen-bond acceptors (Lipinski definition) is 4. The summed E-state index contributed by atoms with van der Waals surface area (Å²) in [6.45, 7) is 3.72. The Labute approximate surface area is 102 Å². The van der Waals surface area contributed by atoms with Crippen LogP contribution in [0.3, 0.4) is 0 Å². The molecule has 1 aliphatic carbocycles. The van der Waals surface area contributed by atoms with Crippen LogP contribution in [0.1, 0.15) is 39.5 Å². The Balaban J connectivity index is 2.67. The number of esters is 1. The van der Waals surface area contributed by atoms with Crippen molar-refractivity contribution in [2.75, 3.05) is 7.11 Å². The molecular formula is C12H22N2O3. The van der Waals surface area contributed by atoms with Crippen LogP contribution in [0.2, 0.25) is 0 Å². The normalized spacial score (nSPS) is 20.1. The molecule has 0 aromatic heterocycles. The molecule has 0 bridgehead atoms. The molecule has 1 fully saturated rings. The Kier molecular flexibility index (Phi) is 4.51. The summed E-state index contributed by atoms with van der Waals surface area (Å²) in [5, 5.41) is 2.71. The number of hydrogen-bond donors (Lipinski definition) is 2. The van der Waals surface area contributed by atoms with Crippen LogP contribution in [-0.4, -0.2) is 30.6 Å². The van der Waals surface area contributed by atoms with E-state index in [9.17, 15) is 9.59 Å².